The molecule has 0 atom stereocenters. The predicted octanol–water partition coefficient (Wildman–Crippen LogP) is 20.0. The van der Waals surface area contributed by atoms with Crippen molar-refractivity contribution in [3.8, 4) is 18.1 Å². The van der Waals surface area contributed by atoms with Crippen molar-refractivity contribution in [1.29, 1.82) is 0 Å². The van der Waals surface area contributed by atoms with Crippen molar-refractivity contribution >= 4 is 115 Å². The van der Waals surface area contributed by atoms with E-state index in [9.17, 15) is 19.2 Å². The third-order valence-corrected chi connectivity index (χ3v) is 17.4. The van der Waals surface area contributed by atoms with E-state index in [2.05, 4.69) is 152 Å². The number of aromatic nitrogens is 6. The van der Waals surface area contributed by atoms with E-state index >= 15 is 0 Å². The maximum Gasteiger partial charge on any atom is 0.347 e. The number of imidazole rings is 1. The fourth-order valence-corrected chi connectivity index (χ4v) is 10.9. The van der Waals surface area contributed by atoms with Crippen LogP contribution in [-0.2, 0) is 0 Å². The number of hydrogen-bond donors (Lipinski definition) is 1. The number of rotatable bonds is 12. The Bertz CT molecular complexity index is 5780. The van der Waals surface area contributed by atoms with Crippen LogP contribution in [0.25, 0.3) is 115 Å². The van der Waals surface area contributed by atoms with Gasteiger partial charge < -0.3 is 27.4 Å². The predicted molar refractivity (Wildman–Crippen MR) is 431 cm³/mol. The standard InChI is InChI=1S/C20H15NO3.3C18H15NO2.C17H16N2/c1-3-12-23-18-10-8-15(13-14(18)2)9-11-19-21-17-7-5-4-6-16(17)20(22)24-19;3*1-12-7-8-14(11-13(12)2)9-10-17-19-16-6-4-3-5-15(16)18(20)21-17;1-12-7-8-14(11-13(12)2)9-10-17-18-15-5-3-4-6-16(15)19-17/h1,4-11,13H,12H2,2H3;3*3-11H,1-2H3;3-11H,1-2H3,(H,18,19)/b11-9+;4*10-9+. The monoisotopic (exact) mass is 1400 g/mol. The van der Waals surface area contributed by atoms with Crippen molar-refractivity contribution in [2.75, 3.05) is 6.61 Å². The molecule has 106 heavy (non-hydrogen) atoms. The molecule has 5 heterocycles. The molecule has 0 saturated heterocycles. The average molecular weight is 1400 g/mol. The van der Waals surface area contributed by atoms with Crippen LogP contribution in [0.5, 0.6) is 5.75 Å². The highest BCUT2D eigenvalue weighted by atomic mass is 16.5. The zero-order valence-corrected chi connectivity index (χ0v) is 60.2. The minimum absolute atomic E-state index is 0.238. The molecule has 1 N–H and O–H groups in total. The lowest BCUT2D eigenvalue weighted by atomic mass is 10.1. The summed E-state index contributed by atoms with van der Waals surface area (Å²) in [6.07, 6.45) is 23.6. The van der Waals surface area contributed by atoms with Crippen LogP contribution in [0.15, 0.2) is 249 Å². The highest BCUT2D eigenvalue weighted by Crippen LogP contribution is 2.23. The lowest BCUT2D eigenvalue weighted by Crippen LogP contribution is -2.02. The smallest absolute Gasteiger partial charge is 0.347 e. The summed E-state index contributed by atoms with van der Waals surface area (Å²) < 4.78 is 26.3. The summed E-state index contributed by atoms with van der Waals surface area (Å²) in [7, 11) is 0. The Hall–Kier alpha value is -13.7. The minimum Gasteiger partial charge on any atom is -0.481 e. The van der Waals surface area contributed by atoms with Crippen LogP contribution in [0.2, 0.25) is 0 Å². The van der Waals surface area contributed by atoms with E-state index in [4.69, 9.17) is 28.8 Å². The van der Waals surface area contributed by atoms with Crippen molar-refractivity contribution in [2.45, 2.75) is 62.3 Å². The molecular weight excluding hydrogens is 1320 g/mol. The number of fused-ring (bicyclic) bond motifs is 5. The number of H-pyrrole nitrogens is 1. The molecule has 0 bridgehead atoms. The summed E-state index contributed by atoms with van der Waals surface area (Å²) in [6, 6.07) is 67.4. The van der Waals surface area contributed by atoms with E-state index in [1.807, 2.05) is 122 Å². The first kappa shape index (κ1) is 73.5. The summed E-state index contributed by atoms with van der Waals surface area (Å²) in [4.78, 5) is 72.7. The molecule has 0 spiro atoms. The van der Waals surface area contributed by atoms with E-state index in [1.54, 1.807) is 97.1 Å². The number of para-hydroxylation sites is 6. The lowest BCUT2D eigenvalue weighted by Gasteiger charge is -2.06. The quantitative estimate of drug-likeness (QED) is 0.113. The summed E-state index contributed by atoms with van der Waals surface area (Å²) in [5.74, 6) is 5.29. The highest BCUT2D eigenvalue weighted by Gasteiger charge is 2.09. The largest absolute Gasteiger partial charge is 0.481 e. The van der Waals surface area contributed by atoms with Gasteiger partial charge in [0, 0.05) is 24.3 Å². The number of ether oxygens (including phenoxy) is 1. The average Bonchev–Trinajstić information content (AvgIpc) is 1.21. The van der Waals surface area contributed by atoms with Gasteiger partial charge in [0.15, 0.2) is 0 Å². The third-order valence-electron chi connectivity index (χ3n) is 17.4. The van der Waals surface area contributed by atoms with Crippen LogP contribution >= 0.6 is 0 Å². The Labute approximate surface area is 612 Å². The number of nitrogens with one attached hydrogen (secondary N) is 1. The van der Waals surface area contributed by atoms with Crippen LogP contribution in [-0.4, -0.2) is 36.5 Å². The van der Waals surface area contributed by atoms with Crippen molar-refractivity contribution in [1.82, 2.24) is 29.9 Å². The van der Waals surface area contributed by atoms with E-state index in [1.165, 1.54) is 50.1 Å². The van der Waals surface area contributed by atoms with Gasteiger partial charge in [-0.15, -0.1) is 6.42 Å². The van der Waals surface area contributed by atoms with Crippen LogP contribution < -0.4 is 27.2 Å². The molecule has 0 radical (unpaired) electrons. The summed E-state index contributed by atoms with van der Waals surface area (Å²) in [6.45, 7) is 18.9. The van der Waals surface area contributed by atoms with Crippen molar-refractivity contribution < 1.29 is 22.4 Å². The molecule has 0 fully saturated rings. The van der Waals surface area contributed by atoms with Gasteiger partial charge in [-0.3, -0.25) is 0 Å². The van der Waals surface area contributed by atoms with E-state index in [-0.39, 0.29) is 29.4 Å². The van der Waals surface area contributed by atoms with Gasteiger partial charge in [0.05, 0.1) is 54.6 Å². The zero-order chi connectivity index (χ0) is 74.6. The fraction of sp³-hybridized carbons (Fsp3) is 0.110. The zero-order valence-electron chi connectivity index (χ0n) is 60.2. The van der Waals surface area contributed by atoms with Gasteiger partial charge in [0.1, 0.15) is 18.2 Å². The summed E-state index contributed by atoms with van der Waals surface area (Å²) in [5.41, 5.74) is 19.5. The summed E-state index contributed by atoms with van der Waals surface area (Å²) in [5, 5.41) is 1.98. The molecule has 10 aromatic carbocycles. The molecule has 0 amide bonds. The fourth-order valence-electron chi connectivity index (χ4n) is 10.9. The van der Waals surface area contributed by atoms with Gasteiger partial charge in [-0.25, -0.2) is 44.1 Å². The molecule has 0 aliphatic heterocycles. The van der Waals surface area contributed by atoms with Gasteiger partial charge in [0.25, 0.3) is 0 Å². The second-order valence-electron chi connectivity index (χ2n) is 25.1. The van der Waals surface area contributed by atoms with Gasteiger partial charge in [0.2, 0.25) is 23.6 Å². The number of aromatic amines is 1. The normalized spacial score (nSPS) is 11.2. The van der Waals surface area contributed by atoms with Crippen LogP contribution in [0, 0.1) is 74.7 Å². The first-order chi connectivity index (χ1) is 51.3. The molecule has 15 rings (SSSR count). The van der Waals surface area contributed by atoms with Crippen LogP contribution in [0.4, 0.5) is 0 Å². The minimum atomic E-state index is -0.394. The van der Waals surface area contributed by atoms with Gasteiger partial charge in [-0.2, -0.15) is 0 Å². The van der Waals surface area contributed by atoms with Gasteiger partial charge in [-0.1, -0.05) is 152 Å². The van der Waals surface area contributed by atoms with Crippen molar-refractivity contribution in [3.05, 3.63) is 361 Å². The SMILES string of the molecule is C#CCOc1ccc(/C=C/c2nc3ccccc3c(=O)o2)cc1C.Cc1ccc(/C=C/c2nc3ccccc3[nH]2)cc1C.Cc1ccc(/C=C/c2nc3ccccc3c(=O)o2)cc1C.Cc1ccc(/C=C/c2nc3ccccc3c(=O)o2)cc1C.Cc1ccc(/C=C/c2nc3ccccc3c(=O)o2)cc1C. The van der Waals surface area contributed by atoms with Crippen LogP contribution in [0.3, 0.4) is 0 Å². The van der Waals surface area contributed by atoms with Gasteiger partial charge >= 0.3 is 22.5 Å². The van der Waals surface area contributed by atoms with Crippen molar-refractivity contribution in [3.63, 3.8) is 0 Å². The Kier molecular flexibility index (Phi) is 24.1. The molecule has 0 aliphatic carbocycles. The molecule has 0 aliphatic rings. The molecule has 524 valence electrons. The second-order valence-corrected chi connectivity index (χ2v) is 25.1. The number of terminal acetylenes is 1. The number of aryl methyl sites for hydroxylation is 9. The lowest BCUT2D eigenvalue weighted by molar-refractivity contribution is 0.368. The molecule has 0 unspecified atom stereocenters. The number of benzene rings is 10. The van der Waals surface area contributed by atoms with Gasteiger partial charge in [-0.05, 0) is 243 Å². The van der Waals surface area contributed by atoms with E-state index in [0.29, 0.717) is 61.3 Å². The Balaban J connectivity index is 0.000000132. The Morgan fingerprint density at radius 1 is 0.321 bits per heavy atom. The topological polar surface area (TPSA) is 210 Å². The first-order valence-corrected chi connectivity index (χ1v) is 34.2. The maximum atomic E-state index is 11.9. The molecular formula is C91H76N6O9. The maximum absolute atomic E-state index is 11.9. The Morgan fingerprint density at radius 2 is 0.604 bits per heavy atom. The summed E-state index contributed by atoms with van der Waals surface area (Å²) >= 11 is 0. The molecule has 5 aromatic heterocycles. The van der Waals surface area contributed by atoms with Crippen molar-refractivity contribution in [2.24, 2.45) is 0 Å². The van der Waals surface area contributed by atoms with Crippen LogP contribution in [0.1, 0.15) is 107 Å². The highest BCUT2D eigenvalue weighted by molar-refractivity contribution is 5.83. The Morgan fingerprint density at radius 3 is 0.906 bits per heavy atom. The number of nitrogens with zero attached hydrogens (tertiary/aromatic N) is 5. The first-order valence-electron chi connectivity index (χ1n) is 34.2. The number of hydrogen-bond acceptors (Lipinski definition) is 14. The molecule has 15 heteroatoms. The third kappa shape index (κ3) is 19.7. The van der Waals surface area contributed by atoms with E-state index < -0.39 is 5.63 Å². The molecule has 15 nitrogen and oxygen atoms in total. The van der Waals surface area contributed by atoms with E-state index in [0.717, 1.165) is 50.4 Å². The second kappa shape index (κ2) is 34.8. The molecule has 15 aromatic rings. The molecule has 0 saturated carbocycles.